The molecule has 2 heterocycles. The quantitative estimate of drug-likeness (QED) is 0.604. The predicted octanol–water partition coefficient (Wildman–Crippen LogP) is 3.50. The first-order valence-corrected chi connectivity index (χ1v) is 10.3. The number of thiophene rings is 1. The topological polar surface area (TPSA) is 78.5 Å². The molecule has 2 N–H and O–H groups in total. The third-order valence-electron chi connectivity index (χ3n) is 4.39. The Kier molecular flexibility index (Phi) is 6.49. The van der Waals surface area contributed by atoms with Crippen LogP contribution in [0.5, 0.6) is 5.75 Å². The van der Waals surface area contributed by atoms with Gasteiger partial charge in [-0.2, -0.15) is 0 Å². The van der Waals surface area contributed by atoms with Gasteiger partial charge in [-0.25, -0.2) is 4.98 Å². The zero-order valence-electron chi connectivity index (χ0n) is 16.7. The molecular formula is C21H27N3O3S. The minimum absolute atomic E-state index is 0.138. The molecule has 2 aromatic heterocycles. The number of hydrogen-bond acceptors (Lipinski definition) is 6. The molecule has 0 aliphatic carbocycles. The molecule has 1 aromatic carbocycles. The second kappa shape index (κ2) is 8.86. The van der Waals surface area contributed by atoms with Crippen LogP contribution in [-0.2, 0) is 6.54 Å². The van der Waals surface area contributed by atoms with Crippen molar-refractivity contribution in [2.24, 2.45) is 5.92 Å². The number of aromatic amines is 1. The summed E-state index contributed by atoms with van der Waals surface area (Å²) in [6.45, 7) is 7.90. The van der Waals surface area contributed by atoms with Crippen LogP contribution in [0.15, 0.2) is 34.4 Å². The first-order valence-electron chi connectivity index (χ1n) is 9.42. The maximum absolute atomic E-state index is 12.8. The zero-order valence-corrected chi connectivity index (χ0v) is 17.5. The number of rotatable bonds is 8. The lowest BCUT2D eigenvalue weighted by atomic mass is 10.1. The Morgan fingerprint density at radius 2 is 2.07 bits per heavy atom. The van der Waals surface area contributed by atoms with Crippen molar-refractivity contribution in [3.05, 3.63) is 45.8 Å². The fourth-order valence-corrected chi connectivity index (χ4v) is 4.34. The number of methoxy groups -OCH3 is 1. The number of aromatic nitrogens is 2. The molecule has 150 valence electrons. The maximum Gasteiger partial charge on any atom is 0.260 e. The van der Waals surface area contributed by atoms with Crippen molar-refractivity contribution in [2.45, 2.75) is 33.4 Å². The van der Waals surface area contributed by atoms with Crippen molar-refractivity contribution in [3.8, 4) is 16.9 Å². The number of nitrogens with zero attached hydrogens (tertiary/aromatic N) is 2. The molecular weight excluding hydrogens is 374 g/mol. The molecule has 0 amide bonds. The van der Waals surface area contributed by atoms with Crippen molar-refractivity contribution >= 4 is 21.6 Å². The number of aliphatic hydroxyl groups is 1. The Labute approximate surface area is 168 Å². The first-order chi connectivity index (χ1) is 13.4. The second-order valence-corrected chi connectivity index (χ2v) is 8.37. The molecule has 7 heteroatoms. The normalized spacial score (nSPS) is 12.8. The van der Waals surface area contributed by atoms with Gasteiger partial charge in [-0.3, -0.25) is 9.69 Å². The van der Waals surface area contributed by atoms with E-state index in [1.165, 1.54) is 11.3 Å². The monoisotopic (exact) mass is 401 g/mol. The summed E-state index contributed by atoms with van der Waals surface area (Å²) >= 11 is 1.47. The summed E-state index contributed by atoms with van der Waals surface area (Å²) in [5.41, 5.74) is 1.66. The van der Waals surface area contributed by atoms with E-state index in [0.717, 1.165) is 28.3 Å². The number of hydrogen-bond donors (Lipinski definition) is 2. The van der Waals surface area contributed by atoms with Gasteiger partial charge in [-0.1, -0.05) is 26.0 Å². The first kappa shape index (κ1) is 20.5. The summed E-state index contributed by atoms with van der Waals surface area (Å²) in [6.07, 6.45) is -0.435. The Morgan fingerprint density at radius 1 is 1.29 bits per heavy atom. The van der Waals surface area contributed by atoms with Crippen LogP contribution < -0.4 is 10.3 Å². The van der Waals surface area contributed by atoms with E-state index in [1.54, 1.807) is 14.0 Å². The van der Waals surface area contributed by atoms with Crippen LogP contribution in [0.1, 0.15) is 26.6 Å². The molecule has 0 bridgehead atoms. The highest BCUT2D eigenvalue weighted by Crippen LogP contribution is 2.32. The summed E-state index contributed by atoms with van der Waals surface area (Å²) in [5, 5.41) is 12.3. The molecule has 0 saturated heterocycles. The maximum atomic E-state index is 12.8. The number of nitrogens with one attached hydrogen (secondary N) is 1. The highest BCUT2D eigenvalue weighted by molar-refractivity contribution is 7.17. The molecule has 0 fully saturated rings. The molecule has 0 aliphatic heterocycles. The fourth-order valence-electron chi connectivity index (χ4n) is 3.38. The lowest BCUT2D eigenvalue weighted by molar-refractivity contribution is 0.113. The van der Waals surface area contributed by atoms with Gasteiger partial charge >= 0.3 is 0 Å². The van der Waals surface area contributed by atoms with Gasteiger partial charge in [0.05, 0.1) is 25.1 Å². The lowest BCUT2D eigenvalue weighted by Crippen LogP contribution is -2.34. The summed E-state index contributed by atoms with van der Waals surface area (Å²) in [4.78, 5) is 23.3. The van der Waals surface area contributed by atoms with Crippen molar-refractivity contribution in [3.63, 3.8) is 0 Å². The van der Waals surface area contributed by atoms with Gasteiger partial charge in [0, 0.05) is 24.0 Å². The molecule has 0 spiro atoms. The number of fused-ring (bicyclic) bond motifs is 1. The van der Waals surface area contributed by atoms with E-state index in [-0.39, 0.29) is 5.56 Å². The number of H-pyrrole nitrogens is 1. The number of aliphatic hydroxyl groups excluding tert-OH is 1. The summed E-state index contributed by atoms with van der Waals surface area (Å²) in [6, 6.07) is 7.67. The third kappa shape index (κ3) is 4.79. The van der Waals surface area contributed by atoms with Crippen LogP contribution in [-0.4, -0.2) is 46.3 Å². The Bertz CT molecular complexity index is 984. The minimum Gasteiger partial charge on any atom is -0.497 e. The van der Waals surface area contributed by atoms with Crippen LogP contribution in [0.4, 0.5) is 0 Å². The highest BCUT2D eigenvalue weighted by atomic mass is 32.1. The zero-order chi connectivity index (χ0) is 20.3. The average Bonchev–Trinajstić information content (AvgIpc) is 3.05. The fraction of sp³-hybridized carbons (Fsp3) is 0.429. The molecule has 0 aliphatic rings. The van der Waals surface area contributed by atoms with Crippen molar-refractivity contribution in [2.75, 3.05) is 20.2 Å². The van der Waals surface area contributed by atoms with Crippen molar-refractivity contribution in [1.82, 2.24) is 14.9 Å². The van der Waals surface area contributed by atoms with Crippen LogP contribution in [0.3, 0.4) is 0 Å². The highest BCUT2D eigenvalue weighted by Gasteiger charge is 2.16. The van der Waals surface area contributed by atoms with E-state index in [1.807, 2.05) is 29.6 Å². The van der Waals surface area contributed by atoms with Crippen molar-refractivity contribution < 1.29 is 9.84 Å². The second-order valence-electron chi connectivity index (χ2n) is 7.51. The third-order valence-corrected chi connectivity index (χ3v) is 5.27. The Hall–Kier alpha value is -2.22. The van der Waals surface area contributed by atoms with E-state index >= 15 is 0 Å². The molecule has 28 heavy (non-hydrogen) atoms. The van der Waals surface area contributed by atoms with Gasteiger partial charge in [0.1, 0.15) is 16.4 Å². The Balaban J connectivity index is 1.95. The SMILES string of the molecule is COc1cccc(-c2csc3nc(CN(CC(C)C)CC(C)O)[nH]c(=O)c23)c1. The Morgan fingerprint density at radius 3 is 2.75 bits per heavy atom. The predicted molar refractivity (Wildman–Crippen MR) is 114 cm³/mol. The molecule has 1 unspecified atom stereocenters. The molecule has 0 radical (unpaired) electrons. The minimum atomic E-state index is -0.435. The summed E-state index contributed by atoms with van der Waals surface area (Å²) in [5.74, 6) is 1.83. The molecule has 3 rings (SSSR count). The summed E-state index contributed by atoms with van der Waals surface area (Å²) in [7, 11) is 1.63. The smallest absolute Gasteiger partial charge is 0.260 e. The van der Waals surface area contributed by atoms with Gasteiger partial charge < -0.3 is 14.8 Å². The van der Waals surface area contributed by atoms with Gasteiger partial charge in [-0.05, 0) is 30.5 Å². The van der Waals surface area contributed by atoms with E-state index < -0.39 is 6.10 Å². The molecule has 6 nitrogen and oxygen atoms in total. The van der Waals surface area contributed by atoms with Gasteiger partial charge in [0.25, 0.3) is 5.56 Å². The molecule has 3 aromatic rings. The lowest BCUT2D eigenvalue weighted by Gasteiger charge is -2.24. The van der Waals surface area contributed by atoms with Crippen molar-refractivity contribution in [1.29, 1.82) is 0 Å². The molecule has 1 atom stereocenters. The average molecular weight is 402 g/mol. The summed E-state index contributed by atoms with van der Waals surface area (Å²) < 4.78 is 5.30. The van der Waals surface area contributed by atoms with Crippen LogP contribution in [0, 0.1) is 5.92 Å². The largest absolute Gasteiger partial charge is 0.497 e. The van der Waals surface area contributed by atoms with E-state index in [2.05, 4.69) is 28.7 Å². The van der Waals surface area contributed by atoms with E-state index in [0.29, 0.717) is 30.2 Å². The van der Waals surface area contributed by atoms with Crippen LogP contribution in [0.2, 0.25) is 0 Å². The van der Waals surface area contributed by atoms with Gasteiger partial charge in [0.15, 0.2) is 0 Å². The number of ether oxygens (including phenoxy) is 1. The number of benzene rings is 1. The van der Waals surface area contributed by atoms with Gasteiger partial charge in [-0.15, -0.1) is 11.3 Å². The van der Waals surface area contributed by atoms with Gasteiger partial charge in [0.2, 0.25) is 0 Å². The van der Waals surface area contributed by atoms with Crippen LogP contribution >= 0.6 is 11.3 Å². The standard InChI is InChI=1S/C21H27N3O3S/c1-13(2)9-24(10-14(3)25)11-18-22-20(26)19-17(12-28-21(19)23-18)15-6-5-7-16(8-15)27-4/h5-8,12-14,25H,9-11H2,1-4H3,(H,22,23,26). The molecule has 0 saturated carbocycles. The van der Waals surface area contributed by atoms with E-state index in [4.69, 9.17) is 4.74 Å². The van der Waals surface area contributed by atoms with E-state index in [9.17, 15) is 9.90 Å². The van der Waals surface area contributed by atoms with Crippen LogP contribution in [0.25, 0.3) is 21.3 Å².